The fraction of sp³-hybridized carbons (Fsp3) is 0.882. The van der Waals surface area contributed by atoms with Crippen LogP contribution in [0.4, 0.5) is 0 Å². The quantitative estimate of drug-likeness (QED) is 0.390. The first-order chi connectivity index (χ1) is 9.66. The number of hydrogen-bond donors (Lipinski definition) is 0. The topological polar surface area (TPSA) is 34.1 Å². The molecular weight excluding hydrogens is 268 g/mol. The van der Waals surface area contributed by atoms with E-state index in [1.54, 1.807) is 6.92 Å². The summed E-state index contributed by atoms with van der Waals surface area (Å²) in [5.41, 5.74) is 0. The Bertz CT molecular complexity index is 251. The van der Waals surface area contributed by atoms with Crippen molar-refractivity contribution < 1.29 is 9.59 Å². The van der Waals surface area contributed by atoms with Gasteiger partial charge < -0.3 is 4.79 Å². The minimum atomic E-state index is 0.276. The minimum Gasteiger partial charge on any atom is -0.300 e. The number of carbonyl (C=O) groups excluding carboxylic acids is 2. The summed E-state index contributed by atoms with van der Waals surface area (Å²) >= 11 is 1.91. The molecule has 0 unspecified atom stereocenters. The third-order valence-corrected chi connectivity index (χ3v) is 4.24. The Morgan fingerprint density at radius 2 is 1.15 bits per heavy atom. The van der Waals surface area contributed by atoms with Crippen LogP contribution >= 0.6 is 11.8 Å². The smallest absolute Gasteiger partial charge is 0.132 e. The number of thioether (sulfide) groups is 1. The average Bonchev–Trinajstić information content (AvgIpc) is 2.41. The maximum absolute atomic E-state index is 11.7. The summed E-state index contributed by atoms with van der Waals surface area (Å²) in [5, 5.41) is 0. The van der Waals surface area contributed by atoms with Crippen molar-refractivity contribution in [1.82, 2.24) is 0 Å². The van der Waals surface area contributed by atoms with Gasteiger partial charge in [0.05, 0.1) is 0 Å². The lowest BCUT2D eigenvalue weighted by atomic mass is 10.0. The number of Topliss-reactive ketones (excluding diaryl/α,β-unsaturated/α-hetero) is 2. The number of rotatable bonds is 15. The van der Waals surface area contributed by atoms with Crippen LogP contribution in [0.15, 0.2) is 0 Å². The summed E-state index contributed by atoms with van der Waals surface area (Å²) in [6.45, 7) is 1.64. The lowest BCUT2D eigenvalue weighted by Gasteiger charge is -2.02. The summed E-state index contributed by atoms with van der Waals surface area (Å²) in [6.07, 6.45) is 14.7. The maximum atomic E-state index is 11.7. The Morgan fingerprint density at radius 3 is 1.65 bits per heavy atom. The summed E-state index contributed by atoms with van der Waals surface area (Å²) in [5.74, 6) is 1.97. The molecule has 0 saturated carbocycles. The fourth-order valence-corrected chi connectivity index (χ4v) is 2.77. The molecule has 0 fully saturated rings. The number of hydrogen-bond acceptors (Lipinski definition) is 3. The van der Waals surface area contributed by atoms with Crippen LogP contribution in [-0.2, 0) is 9.59 Å². The van der Waals surface area contributed by atoms with Crippen molar-refractivity contribution in [3.63, 3.8) is 0 Å². The van der Waals surface area contributed by atoms with Crippen LogP contribution in [0, 0.1) is 0 Å². The van der Waals surface area contributed by atoms with Gasteiger partial charge in [0.2, 0.25) is 0 Å². The molecule has 118 valence electrons. The van der Waals surface area contributed by atoms with Gasteiger partial charge in [-0.2, -0.15) is 11.8 Å². The first-order valence-electron chi connectivity index (χ1n) is 8.17. The highest BCUT2D eigenvalue weighted by Gasteiger charge is 2.02. The van der Waals surface area contributed by atoms with Gasteiger partial charge in [0, 0.05) is 19.3 Å². The maximum Gasteiger partial charge on any atom is 0.132 e. The molecule has 0 aliphatic rings. The van der Waals surface area contributed by atoms with Crippen LogP contribution in [0.2, 0.25) is 0 Å². The SMILES string of the molecule is CSCCCCCCCC(=O)CCCCCCC(C)=O. The lowest BCUT2D eigenvalue weighted by Crippen LogP contribution is -1.98. The van der Waals surface area contributed by atoms with Gasteiger partial charge in [0.15, 0.2) is 0 Å². The molecular formula is C17H32O2S. The molecule has 0 atom stereocenters. The van der Waals surface area contributed by atoms with Crippen LogP contribution in [0.1, 0.15) is 84.0 Å². The number of unbranched alkanes of at least 4 members (excludes halogenated alkanes) is 7. The van der Waals surface area contributed by atoms with Crippen molar-refractivity contribution in [1.29, 1.82) is 0 Å². The van der Waals surface area contributed by atoms with Crippen molar-refractivity contribution in [3.05, 3.63) is 0 Å². The third kappa shape index (κ3) is 15.7. The summed E-state index contributed by atoms with van der Waals surface area (Å²) in [4.78, 5) is 22.4. The second-order valence-electron chi connectivity index (χ2n) is 5.67. The Morgan fingerprint density at radius 1 is 0.700 bits per heavy atom. The standard InChI is InChI=1S/C17H32O2S/c1-16(18)12-8-5-6-10-14-17(19)13-9-4-3-7-11-15-20-2/h3-15H2,1-2H3. The summed E-state index contributed by atoms with van der Waals surface area (Å²) < 4.78 is 0. The molecule has 3 heteroatoms. The Balaban J connectivity index is 3.19. The highest BCUT2D eigenvalue weighted by atomic mass is 32.2. The van der Waals surface area contributed by atoms with E-state index in [4.69, 9.17) is 0 Å². The van der Waals surface area contributed by atoms with Gasteiger partial charge in [0.1, 0.15) is 11.6 Å². The van der Waals surface area contributed by atoms with E-state index in [1.807, 2.05) is 11.8 Å². The van der Waals surface area contributed by atoms with E-state index in [2.05, 4.69) is 6.26 Å². The fourth-order valence-electron chi connectivity index (χ4n) is 2.27. The summed E-state index contributed by atoms with van der Waals surface area (Å²) in [6, 6.07) is 0. The van der Waals surface area contributed by atoms with Gasteiger partial charge in [-0.05, 0) is 44.6 Å². The zero-order chi connectivity index (χ0) is 15.1. The molecule has 0 aromatic heterocycles. The van der Waals surface area contributed by atoms with Crippen LogP contribution < -0.4 is 0 Å². The molecule has 0 aromatic rings. The Hall–Kier alpha value is -0.310. The normalized spacial score (nSPS) is 10.7. The second kappa shape index (κ2) is 15.1. The molecule has 0 bridgehead atoms. The van der Waals surface area contributed by atoms with Crippen molar-refractivity contribution in [2.75, 3.05) is 12.0 Å². The zero-order valence-electron chi connectivity index (χ0n) is 13.4. The van der Waals surface area contributed by atoms with E-state index in [1.165, 1.54) is 31.4 Å². The summed E-state index contributed by atoms with van der Waals surface area (Å²) in [7, 11) is 0. The molecule has 0 aromatic carbocycles. The van der Waals surface area contributed by atoms with Crippen LogP contribution in [0.5, 0.6) is 0 Å². The molecule has 0 N–H and O–H groups in total. The minimum absolute atomic E-state index is 0.276. The molecule has 0 saturated heterocycles. The third-order valence-electron chi connectivity index (χ3n) is 3.54. The Labute approximate surface area is 129 Å². The number of carbonyl (C=O) groups is 2. The molecule has 0 aliphatic carbocycles. The first kappa shape index (κ1) is 19.7. The molecule has 0 rings (SSSR count). The van der Waals surface area contributed by atoms with E-state index < -0.39 is 0 Å². The average molecular weight is 301 g/mol. The molecule has 0 radical (unpaired) electrons. The molecule has 2 nitrogen and oxygen atoms in total. The molecule has 20 heavy (non-hydrogen) atoms. The van der Waals surface area contributed by atoms with E-state index in [0.717, 1.165) is 44.9 Å². The monoisotopic (exact) mass is 300 g/mol. The van der Waals surface area contributed by atoms with Crippen LogP contribution in [-0.4, -0.2) is 23.6 Å². The van der Waals surface area contributed by atoms with Crippen molar-refractivity contribution in [3.8, 4) is 0 Å². The highest BCUT2D eigenvalue weighted by Crippen LogP contribution is 2.11. The predicted octanol–water partition coefficient (Wildman–Crippen LogP) is 5.19. The molecule has 0 spiro atoms. The molecule has 0 heterocycles. The van der Waals surface area contributed by atoms with Crippen molar-refractivity contribution >= 4 is 23.3 Å². The first-order valence-corrected chi connectivity index (χ1v) is 9.56. The van der Waals surface area contributed by atoms with Crippen LogP contribution in [0.3, 0.4) is 0 Å². The van der Waals surface area contributed by atoms with Gasteiger partial charge in [0.25, 0.3) is 0 Å². The number of ketones is 2. The molecule has 0 amide bonds. The van der Waals surface area contributed by atoms with E-state index in [-0.39, 0.29) is 5.78 Å². The van der Waals surface area contributed by atoms with Gasteiger partial charge in [-0.15, -0.1) is 0 Å². The largest absolute Gasteiger partial charge is 0.300 e. The van der Waals surface area contributed by atoms with Gasteiger partial charge in [-0.25, -0.2) is 0 Å². The van der Waals surface area contributed by atoms with Gasteiger partial charge in [-0.1, -0.05) is 32.1 Å². The van der Waals surface area contributed by atoms with Gasteiger partial charge >= 0.3 is 0 Å². The second-order valence-corrected chi connectivity index (χ2v) is 6.65. The highest BCUT2D eigenvalue weighted by molar-refractivity contribution is 7.98. The van der Waals surface area contributed by atoms with E-state index >= 15 is 0 Å². The van der Waals surface area contributed by atoms with Gasteiger partial charge in [-0.3, -0.25) is 4.79 Å². The van der Waals surface area contributed by atoms with E-state index in [9.17, 15) is 9.59 Å². The van der Waals surface area contributed by atoms with E-state index in [0.29, 0.717) is 12.2 Å². The predicted molar refractivity (Wildman–Crippen MR) is 89.5 cm³/mol. The lowest BCUT2D eigenvalue weighted by molar-refractivity contribution is -0.119. The Kier molecular flexibility index (Phi) is 14.9. The van der Waals surface area contributed by atoms with Crippen molar-refractivity contribution in [2.24, 2.45) is 0 Å². The van der Waals surface area contributed by atoms with Crippen LogP contribution in [0.25, 0.3) is 0 Å². The molecule has 0 aliphatic heterocycles. The zero-order valence-corrected chi connectivity index (χ0v) is 14.2. The van der Waals surface area contributed by atoms with Crippen molar-refractivity contribution in [2.45, 2.75) is 84.0 Å².